The first-order valence-corrected chi connectivity index (χ1v) is 6.39. The molecule has 6 heteroatoms. The molecule has 0 fully saturated rings. The second kappa shape index (κ2) is 4.80. The van der Waals surface area contributed by atoms with Gasteiger partial charge in [0.15, 0.2) is 0 Å². The summed E-state index contributed by atoms with van der Waals surface area (Å²) in [5, 5.41) is 16.1. The Morgan fingerprint density at radius 2 is 2.15 bits per heavy atom. The number of allylic oxidation sites excluding steroid dienone is 1. The highest BCUT2D eigenvalue weighted by Crippen LogP contribution is 2.28. The lowest BCUT2D eigenvalue weighted by atomic mass is 10.0. The van der Waals surface area contributed by atoms with Crippen LogP contribution in [0.3, 0.4) is 0 Å². The van der Waals surface area contributed by atoms with Crippen molar-refractivity contribution < 1.29 is 9.90 Å². The molecule has 0 saturated heterocycles. The maximum absolute atomic E-state index is 11.2. The van der Waals surface area contributed by atoms with Crippen LogP contribution in [0, 0.1) is 0 Å². The second-order valence-corrected chi connectivity index (χ2v) is 4.58. The van der Waals surface area contributed by atoms with Crippen LogP contribution in [-0.4, -0.2) is 25.8 Å². The molecule has 102 valence electrons. The Morgan fingerprint density at radius 3 is 2.80 bits per heavy atom. The zero-order valence-electron chi connectivity index (χ0n) is 10.9. The van der Waals surface area contributed by atoms with Crippen LogP contribution in [0.2, 0.25) is 0 Å². The molecule has 0 saturated carbocycles. The molecule has 6 nitrogen and oxygen atoms in total. The number of hydrogen-bond acceptors (Lipinski definition) is 4. The van der Waals surface area contributed by atoms with Crippen molar-refractivity contribution in [2.75, 3.05) is 5.32 Å². The molecule has 0 bridgehead atoms. The van der Waals surface area contributed by atoms with Crippen molar-refractivity contribution in [2.24, 2.45) is 0 Å². The van der Waals surface area contributed by atoms with Gasteiger partial charge in [-0.2, -0.15) is 10.1 Å². The second-order valence-electron chi connectivity index (χ2n) is 4.58. The summed E-state index contributed by atoms with van der Waals surface area (Å²) >= 11 is 0. The summed E-state index contributed by atoms with van der Waals surface area (Å²) in [4.78, 5) is 15.2. The highest BCUT2D eigenvalue weighted by Gasteiger charge is 2.25. The fourth-order valence-corrected chi connectivity index (χ4v) is 2.25. The van der Waals surface area contributed by atoms with Gasteiger partial charge in [-0.15, -0.1) is 0 Å². The molecule has 0 radical (unpaired) electrons. The summed E-state index contributed by atoms with van der Waals surface area (Å²) in [7, 11) is 0. The van der Waals surface area contributed by atoms with Gasteiger partial charge in [-0.1, -0.05) is 31.2 Å². The number of carboxylic acids is 1. The average molecular weight is 270 g/mol. The molecule has 0 unspecified atom stereocenters. The van der Waals surface area contributed by atoms with Gasteiger partial charge in [0.05, 0.1) is 0 Å². The van der Waals surface area contributed by atoms with Gasteiger partial charge in [-0.3, -0.25) is 0 Å². The molecule has 1 aromatic heterocycles. The van der Waals surface area contributed by atoms with Crippen molar-refractivity contribution in [2.45, 2.75) is 19.4 Å². The van der Waals surface area contributed by atoms with Crippen LogP contribution in [0.4, 0.5) is 5.95 Å². The van der Waals surface area contributed by atoms with E-state index in [0.717, 1.165) is 12.0 Å². The number of nitrogens with one attached hydrogen (secondary N) is 1. The van der Waals surface area contributed by atoms with Crippen LogP contribution >= 0.6 is 0 Å². The number of anilines is 1. The third-order valence-electron chi connectivity index (χ3n) is 3.37. The predicted molar refractivity (Wildman–Crippen MR) is 73.3 cm³/mol. The number of aliphatic carboxylic acids is 1. The zero-order chi connectivity index (χ0) is 14.1. The number of fused-ring (bicyclic) bond motifs is 1. The lowest BCUT2D eigenvalue weighted by Gasteiger charge is -2.22. The maximum Gasteiger partial charge on any atom is 0.352 e. The van der Waals surface area contributed by atoms with Crippen LogP contribution in [0.5, 0.6) is 0 Å². The number of rotatable bonds is 3. The van der Waals surface area contributed by atoms with Gasteiger partial charge in [0.25, 0.3) is 0 Å². The minimum Gasteiger partial charge on any atom is -0.477 e. The van der Waals surface area contributed by atoms with Crippen LogP contribution in [0.1, 0.15) is 24.1 Å². The van der Waals surface area contributed by atoms with Crippen molar-refractivity contribution in [1.29, 1.82) is 0 Å². The highest BCUT2D eigenvalue weighted by atomic mass is 16.4. The number of carbonyl (C=O) groups is 1. The minimum absolute atomic E-state index is 0.120. The number of aromatic nitrogens is 3. The van der Waals surface area contributed by atoms with E-state index in [2.05, 4.69) is 22.3 Å². The van der Waals surface area contributed by atoms with E-state index < -0.39 is 5.97 Å². The molecule has 0 amide bonds. The van der Waals surface area contributed by atoms with Crippen LogP contribution in [0.15, 0.2) is 42.4 Å². The molecule has 2 aromatic rings. The number of aryl methyl sites for hydroxylation is 1. The van der Waals surface area contributed by atoms with Gasteiger partial charge in [-0.25, -0.2) is 9.48 Å². The van der Waals surface area contributed by atoms with Crippen molar-refractivity contribution in [1.82, 2.24) is 14.8 Å². The van der Waals surface area contributed by atoms with E-state index in [4.69, 9.17) is 5.11 Å². The van der Waals surface area contributed by atoms with Crippen molar-refractivity contribution >= 4 is 11.9 Å². The fraction of sp³-hybridized carbons (Fsp3) is 0.214. The van der Waals surface area contributed by atoms with Crippen molar-refractivity contribution in [3.63, 3.8) is 0 Å². The van der Waals surface area contributed by atoms with Crippen LogP contribution in [0.25, 0.3) is 0 Å². The smallest absolute Gasteiger partial charge is 0.352 e. The first kappa shape index (κ1) is 12.4. The summed E-state index contributed by atoms with van der Waals surface area (Å²) in [6.07, 6.45) is 4.02. The van der Waals surface area contributed by atoms with E-state index in [1.54, 1.807) is 10.8 Å². The molecule has 20 heavy (non-hydrogen) atoms. The van der Waals surface area contributed by atoms with E-state index >= 15 is 0 Å². The molecule has 3 rings (SSSR count). The number of nitrogens with zero attached hydrogens (tertiary/aromatic N) is 3. The van der Waals surface area contributed by atoms with E-state index in [0.29, 0.717) is 5.95 Å². The zero-order valence-corrected chi connectivity index (χ0v) is 10.9. The number of benzene rings is 1. The van der Waals surface area contributed by atoms with E-state index in [1.807, 2.05) is 24.3 Å². The van der Waals surface area contributed by atoms with Crippen molar-refractivity contribution in [3.05, 3.63) is 53.5 Å². The standard InChI is InChI=1S/C14H14N4O2/c1-2-9-3-5-10(6-4-9)12-7-11(13(19)20)17-14-15-8-16-18(12)14/h3-8,12H,2H2,1H3,(H,19,20)(H,15,16,17)/t12-/m1/s1. The van der Waals surface area contributed by atoms with E-state index in [-0.39, 0.29) is 11.7 Å². The predicted octanol–water partition coefficient (Wildman–Crippen LogP) is 1.82. The van der Waals surface area contributed by atoms with E-state index in [9.17, 15) is 4.79 Å². The lowest BCUT2D eigenvalue weighted by molar-refractivity contribution is -0.132. The van der Waals surface area contributed by atoms with Gasteiger partial charge in [0, 0.05) is 0 Å². The third kappa shape index (κ3) is 2.05. The van der Waals surface area contributed by atoms with Gasteiger partial charge >= 0.3 is 5.97 Å². The van der Waals surface area contributed by atoms with Crippen molar-refractivity contribution in [3.8, 4) is 0 Å². The van der Waals surface area contributed by atoms with Gasteiger partial charge in [0.1, 0.15) is 18.1 Å². The first-order chi connectivity index (χ1) is 9.69. The number of hydrogen-bond donors (Lipinski definition) is 2. The Balaban J connectivity index is 2.04. The van der Waals surface area contributed by atoms with E-state index in [1.165, 1.54) is 11.9 Å². The summed E-state index contributed by atoms with van der Waals surface area (Å²) in [6, 6.07) is 7.82. The normalized spacial score (nSPS) is 17.1. The summed E-state index contributed by atoms with van der Waals surface area (Å²) < 4.78 is 1.67. The Labute approximate surface area is 115 Å². The molecule has 2 heterocycles. The highest BCUT2D eigenvalue weighted by molar-refractivity contribution is 5.90. The van der Waals surface area contributed by atoms with Crippen LogP contribution < -0.4 is 5.32 Å². The quantitative estimate of drug-likeness (QED) is 0.889. The Hall–Kier alpha value is -2.63. The molecule has 2 N–H and O–H groups in total. The lowest BCUT2D eigenvalue weighted by Crippen LogP contribution is -2.24. The topological polar surface area (TPSA) is 80.0 Å². The molecule has 1 atom stereocenters. The molecule has 1 aliphatic rings. The largest absolute Gasteiger partial charge is 0.477 e. The summed E-state index contributed by atoms with van der Waals surface area (Å²) in [6.45, 7) is 2.09. The average Bonchev–Trinajstić information content (AvgIpc) is 2.94. The summed E-state index contributed by atoms with van der Waals surface area (Å²) in [5.74, 6) is -0.566. The molecule has 1 aliphatic heterocycles. The third-order valence-corrected chi connectivity index (χ3v) is 3.37. The first-order valence-electron chi connectivity index (χ1n) is 6.39. The Bertz CT molecular complexity index is 673. The van der Waals surface area contributed by atoms with Gasteiger partial charge in [-0.05, 0) is 23.6 Å². The van der Waals surface area contributed by atoms with Crippen LogP contribution in [-0.2, 0) is 11.2 Å². The van der Waals surface area contributed by atoms with Gasteiger partial charge < -0.3 is 10.4 Å². The SMILES string of the molecule is CCc1ccc([C@H]2C=C(C(=O)O)Nc3ncnn32)cc1. The number of carboxylic acid groups (broad SMARTS) is 1. The monoisotopic (exact) mass is 270 g/mol. The summed E-state index contributed by atoms with van der Waals surface area (Å²) in [5.41, 5.74) is 2.34. The molecule has 1 aromatic carbocycles. The minimum atomic E-state index is -1.01. The fourth-order valence-electron chi connectivity index (χ4n) is 2.25. The molecule has 0 aliphatic carbocycles. The molecular weight excluding hydrogens is 256 g/mol. The maximum atomic E-state index is 11.2. The Kier molecular flexibility index (Phi) is 2.98. The molecular formula is C14H14N4O2. The van der Waals surface area contributed by atoms with Gasteiger partial charge in [0.2, 0.25) is 5.95 Å². The molecule has 0 spiro atoms. The Morgan fingerprint density at radius 1 is 1.40 bits per heavy atom.